The Kier molecular flexibility index (Phi) is 6.12. The first-order valence-corrected chi connectivity index (χ1v) is 10.8. The number of hydrogen-bond donors (Lipinski definition) is 0. The van der Waals surface area contributed by atoms with E-state index in [4.69, 9.17) is 0 Å². The molecule has 1 fully saturated rings. The average Bonchev–Trinajstić information content (AvgIpc) is 2.64. The van der Waals surface area contributed by atoms with Crippen LogP contribution in [-0.4, -0.2) is 50.3 Å². The molecule has 0 aromatic heterocycles. The van der Waals surface area contributed by atoms with Crippen molar-refractivity contribution in [2.24, 2.45) is 0 Å². The second-order valence-corrected chi connectivity index (χ2v) is 9.33. The van der Waals surface area contributed by atoms with Crippen molar-refractivity contribution < 1.29 is 12.8 Å². The topological polar surface area (TPSA) is 40.6 Å². The lowest BCUT2D eigenvalue weighted by Gasteiger charge is -2.34. The molecule has 0 radical (unpaired) electrons. The van der Waals surface area contributed by atoms with Crippen LogP contribution in [0.3, 0.4) is 0 Å². The van der Waals surface area contributed by atoms with Crippen LogP contribution in [-0.2, 0) is 16.4 Å². The van der Waals surface area contributed by atoms with E-state index in [9.17, 15) is 12.8 Å². The van der Waals surface area contributed by atoms with Gasteiger partial charge in [-0.2, -0.15) is 4.31 Å². The summed E-state index contributed by atoms with van der Waals surface area (Å²) < 4.78 is 40.9. The Hall–Kier alpha value is -1.28. The molecule has 140 valence electrons. The minimum Gasteiger partial charge on any atom is -0.300 e. The quantitative estimate of drug-likeness (QED) is 0.714. The third-order valence-electron chi connectivity index (χ3n) is 4.74. The fourth-order valence-corrected chi connectivity index (χ4v) is 4.99. The molecular formula is C19H22BrFN2O2S. The molecule has 1 saturated heterocycles. The standard InChI is InChI=1S/C19H22BrFN2O2S/c1-15-2-7-18(14-19(15)20)26(24,25)23-12-10-22(11-13-23)9-8-16-3-5-17(21)6-4-16/h2-7,14H,8-13H2,1H3. The van der Waals surface area contributed by atoms with Gasteiger partial charge in [0.2, 0.25) is 10.0 Å². The molecule has 3 rings (SSSR count). The van der Waals surface area contributed by atoms with Gasteiger partial charge in [-0.3, -0.25) is 0 Å². The number of aryl methyl sites for hydroxylation is 1. The summed E-state index contributed by atoms with van der Waals surface area (Å²) in [5.41, 5.74) is 2.10. The molecule has 1 aliphatic rings. The zero-order chi connectivity index (χ0) is 18.7. The van der Waals surface area contributed by atoms with E-state index < -0.39 is 10.0 Å². The number of piperazine rings is 1. The van der Waals surface area contributed by atoms with Crippen molar-refractivity contribution in [2.45, 2.75) is 18.2 Å². The highest BCUT2D eigenvalue weighted by Gasteiger charge is 2.28. The Morgan fingerprint density at radius 3 is 2.31 bits per heavy atom. The average molecular weight is 441 g/mol. The van der Waals surface area contributed by atoms with Gasteiger partial charge >= 0.3 is 0 Å². The summed E-state index contributed by atoms with van der Waals surface area (Å²) in [5, 5.41) is 0. The van der Waals surface area contributed by atoms with Crippen molar-refractivity contribution >= 4 is 26.0 Å². The fourth-order valence-electron chi connectivity index (χ4n) is 3.01. The van der Waals surface area contributed by atoms with Crippen LogP contribution in [0, 0.1) is 12.7 Å². The van der Waals surface area contributed by atoms with Gasteiger partial charge in [0, 0.05) is 37.2 Å². The lowest BCUT2D eigenvalue weighted by atomic mass is 10.1. The van der Waals surface area contributed by atoms with Gasteiger partial charge in [-0.15, -0.1) is 0 Å². The van der Waals surface area contributed by atoms with E-state index in [-0.39, 0.29) is 5.82 Å². The Labute approximate surface area is 162 Å². The predicted molar refractivity (Wildman–Crippen MR) is 104 cm³/mol. The largest absolute Gasteiger partial charge is 0.300 e. The van der Waals surface area contributed by atoms with Crippen LogP contribution >= 0.6 is 15.9 Å². The summed E-state index contributed by atoms with van der Waals surface area (Å²) in [6, 6.07) is 11.7. The molecule has 2 aromatic carbocycles. The van der Waals surface area contributed by atoms with E-state index >= 15 is 0 Å². The highest BCUT2D eigenvalue weighted by Crippen LogP contribution is 2.24. The Morgan fingerprint density at radius 1 is 1.04 bits per heavy atom. The minimum absolute atomic E-state index is 0.227. The van der Waals surface area contributed by atoms with Crippen LogP contribution in [0.4, 0.5) is 4.39 Å². The number of nitrogens with zero attached hydrogens (tertiary/aromatic N) is 2. The molecule has 0 saturated carbocycles. The molecular weight excluding hydrogens is 419 g/mol. The molecule has 7 heteroatoms. The summed E-state index contributed by atoms with van der Waals surface area (Å²) >= 11 is 3.40. The molecule has 26 heavy (non-hydrogen) atoms. The third-order valence-corrected chi connectivity index (χ3v) is 7.49. The maximum atomic E-state index is 12.9. The number of hydrogen-bond acceptors (Lipinski definition) is 3. The Bertz CT molecular complexity index is 864. The number of halogens is 2. The van der Waals surface area contributed by atoms with Crippen LogP contribution in [0.25, 0.3) is 0 Å². The van der Waals surface area contributed by atoms with Gasteiger partial charge < -0.3 is 4.90 Å². The summed E-state index contributed by atoms with van der Waals surface area (Å²) in [7, 11) is -3.46. The van der Waals surface area contributed by atoms with Crippen molar-refractivity contribution in [3.05, 3.63) is 63.9 Å². The molecule has 2 aromatic rings. The monoisotopic (exact) mass is 440 g/mol. The second-order valence-electron chi connectivity index (χ2n) is 6.53. The molecule has 4 nitrogen and oxygen atoms in total. The van der Waals surface area contributed by atoms with E-state index in [0.717, 1.165) is 28.6 Å². The normalized spacial score (nSPS) is 16.7. The SMILES string of the molecule is Cc1ccc(S(=O)(=O)N2CCN(CCc3ccc(F)cc3)CC2)cc1Br. The first-order valence-electron chi connectivity index (χ1n) is 8.59. The van der Waals surface area contributed by atoms with Gasteiger partial charge in [-0.1, -0.05) is 34.1 Å². The Morgan fingerprint density at radius 2 is 1.69 bits per heavy atom. The first kappa shape index (κ1) is 19.5. The van der Waals surface area contributed by atoms with Crippen LogP contribution in [0.15, 0.2) is 51.8 Å². The van der Waals surface area contributed by atoms with Crippen molar-refractivity contribution in [3.8, 4) is 0 Å². The summed E-state index contributed by atoms with van der Waals surface area (Å²) in [4.78, 5) is 2.58. The number of rotatable bonds is 5. The van der Waals surface area contributed by atoms with Gasteiger partial charge in [0.15, 0.2) is 0 Å². The number of benzene rings is 2. The van der Waals surface area contributed by atoms with Crippen molar-refractivity contribution in [2.75, 3.05) is 32.7 Å². The lowest BCUT2D eigenvalue weighted by Crippen LogP contribution is -2.49. The second kappa shape index (κ2) is 8.17. The van der Waals surface area contributed by atoms with Crippen molar-refractivity contribution in [1.29, 1.82) is 0 Å². The number of sulfonamides is 1. The van der Waals surface area contributed by atoms with Crippen molar-refractivity contribution in [3.63, 3.8) is 0 Å². The van der Waals surface area contributed by atoms with Crippen LogP contribution in [0.1, 0.15) is 11.1 Å². The van der Waals surface area contributed by atoms with E-state index in [0.29, 0.717) is 31.1 Å². The highest BCUT2D eigenvalue weighted by molar-refractivity contribution is 9.10. The van der Waals surface area contributed by atoms with Gasteiger partial charge in [-0.05, 0) is 48.7 Å². The van der Waals surface area contributed by atoms with Crippen molar-refractivity contribution in [1.82, 2.24) is 9.21 Å². The highest BCUT2D eigenvalue weighted by atomic mass is 79.9. The maximum Gasteiger partial charge on any atom is 0.243 e. The van der Waals surface area contributed by atoms with Gasteiger partial charge in [0.25, 0.3) is 0 Å². The van der Waals surface area contributed by atoms with Crippen LogP contribution in [0.5, 0.6) is 0 Å². The maximum absolute atomic E-state index is 12.9. The van der Waals surface area contributed by atoms with Gasteiger partial charge in [-0.25, -0.2) is 12.8 Å². The molecule has 0 spiro atoms. The predicted octanol–water partition coefficient (Wildman–Crippen LogP) is 3.45. The molecule has 0 atom stereocenters. The molecule has 0 aliphatic carbocycles. The van der Waals surface area contributed by atoms with E-state index in [1.54, 1.807) is 28.6 Å². The molecule has 0 amide bonds. The third kappa shape index (κ3) is 4.52. The van der Waals surface area contributed by atoms with Crippen LogP contribution in [0.2, 0.25) is 0 Å². The van der Waals surface area contributed by atoms with Gasteiger partial charge in [0.05, 0.1) is 4.90 Å². The van der Waals surface area contributed by atoms with E-state index in [1.165, 1.54) is 12.1 Å². The lowest BCUT2D eigenvalue weighted by molar-refractivity contribution is 0.190. The molecule has 0 bridgehead atoms. The molecule has 0 N–H and O–H groups in total. The Balaban J connectivity index is 1.57. The first-order chi connectivity index (χ1) is 12.4. The minimum atomic E-state index is -3.46. The fraction of sp³-hybridized carbons (Fsp3) is 0.368. The van der Waals surface area contributed by atoms with Gasteiger partial charge in [0.1, 0.15) is 5.82 Å². The summed E-state index contributed by atoms with van der Waals surface area (Å²) in [6.07, 6.45) is 0.831. The summed E-state index contributed by atoms with van der Waals surface area (Å²) in [6.45, 7) is 5.14. The summed E-state index contributed by atoms with van der Waals surface area (Å²) in [5.74, 6) is -0.227. The molecule has 1 aliphatic heterocycles. The smallest absolute Gasteiger partial charge is 0.243 e. The molecule has 1 heterocycles. The van der Waals surface area contributed by atoms with E-state index in [2.05, 4.69) is 20.8 Å². The zero-order valence-electron chi connectivity index (χ0n) is 14.7. The van der Waals surface area contributed by atoms with E-state index in [1.807, 2.05) is 13.0 Å². The molecule has 0 unspecified atom stereocenters. The van der Waals surface area contributed by atoms with Crippen LogP contribution < -0.4 is 0 Å². The zero-order valence-corrected chi connectivity index (χ0v) is 17.1.